The number of carbonyl (C=O) groups is 1. The Labute approximate surface area is 125 Å². The first-order valence-corrected chi connectivity index (χ1v) is 9.88. The summed E-state index contributed by atoms with van der Waals surface area (Å²) in [5.41, 5.74) is 0. The fraction of sp³-hybridized carbons (Fsp3) is 0.923. The second-order valence-electron chi connectivity index (χ2n) is 5.55. The minimum absolute atomic E-state index is 0.396. The first kappa shape index (κ1) is 16.1. The summed E-state index contributed by atoms with van der Waals surface area (Å²) in [5.74, 6) is 1.76. The third-order valence-corrected chi connectivity index (χ3v) is 7.25. The molecular weight excluding hydrogens is 298 g/mol. The minimum atomic E-state index is -3.42. The fourth-order valence-electron chi connectivity index (χ4n) is 3.01. The molecule has 1 N–H and O–H groups in total. The Balaban J connectivity index is 1.93. The summed E-state index contributed by atoms with van der Waals surface area (Å²) in [7, 11) is -2.10. The lowest BCUT2D eigenvalue weighted by atomic mass is 10.0. The number of nitrogens with one attached hydrogen (secondary N) is 1. The highest BCUT2D eigenvalue weighted by atomic mass is 32.2. The van der Waals surface area contributed by atoms with E-state index in [9.17, 15) is 13.2 Å². The highest BCUT2D eigenvalue weighted by Crippen LogP contribution is 2.32. The number of thioether (sulfide) groups is 1. The molecule has 20 heavy (non-hydrogen) atoms. The molecule has 1 saturated carbocycles. The maximum Gasteiger partial charge on any atom is 0.310 e. The summed E-state index contributed by atoms with van der Waals surface area (Å²) < 4.78 is 32.2. The molecule has 0 aromatic heterocycles. The van der Waals surface area contributed by atoms with E-state index in [1.807, 2.05) is 11.8 Å². The highest BCUT2D eigenvalue weighted by molar-refractivity contribution is 7.99. The molecule has 7 heteroatoms. The Morgan fingerprint density at radius 2 is 1.95 bits per heavy atom. The van der Waals surface area contributed by atoms with Gasteiger partial charge in [-0.2, -0.15) is 11.8 Å². The van der Waals surface area contributed by atoms with Crippen molar-refractivity contribution < 1.29 is 17.9 Å². The fourth-order valence-corrected chi connectivity index (χ4v) is 6.05. The Morgan fingerprint density at radius 1 is 1.25 bits per heavy atom. The SMILES string of the molecule is COC(=O)C1CCCC1S(=O)(=O)NCC1CCSCC1. The minimum Gasteiger partial charge on any atom is -0.469 e. The molecule has 2 aliphatic rings. The number of carbonyl (C=O) groups excluding carboxylic acids is 1. The monoisotopic (exact) mass is 321 g/mol. The van der Waals surface area contributed by atoms with E-state index in [-0.39, 0.29) is 0 Å². The average Bonchev–Trinajstić information content (AvgIpc) is 2.96. The van der Waals surface area contributed by atoms with Crippen LogP contribution in [0.15, 0.2) is 0 Å². The van der Waals surface area contributed by atoms with E-state index in [1.165, 1.54) is 7.11 Å². The van der Waals surface area contributed by atoms with Gasteiger partial charge >= 0.3 is 5.97 Å². The molecule has 1 heterocycles. The van der Waals surface area contributed by atoms with Gasteiger partial charge in [0.05, 0.1) is 18.3 Å². The van der Waals surface area contributed by atoms with E-state index in [2.05, 4.69) is 4.72 Å². The average molecular weight is 321 g/mol. The summed E-state index contributed by atoms with van der Waals surface area (Å²) in [6, 6.07) is 0. The molecule has 5 nitrogen and oxygen atoms in total. The van der Waals surface area contributed by atoms with Crippen LogP contribution in [-0.2, 0) is 19.6 Å². The molecule has 2 unspecified atom stereocenters. The van der Waals surface area contributed by atoms with E-state index in [1.54, 1.807) is 0 Å². The molecule has 0 spiro atoms. The molecule has 2 rings (SSSR count). The molecule has 0 radical (unpaired) electrons. The molecule has 1 saturated heterocycles. The van der Waals surface area contributed by atoms with E-state index < -0.39 is 27.2 Å². The summed E-state index contributed by atoms with van der Waals surface area (Å²) in [5, 5.41) is -0.618. The Bertz CT molecular complexity index is 432. The number of hydrogen-bond donors (Lipinski definition) is 1. The molecule has 0 bridgehead atoms. The van der Waals surface area contributed by atoms with Crippen LogP contribution in [0.3, 0.4) is 0 Å². The number of ether oxygens (including phenoxy) is 1. The van der Waals surface area contributed by atoms with Gasteiger partial charge < -0.3 is 4.74 Å². The van der Waals surface area contributed by atoms with E-state index in [4.69, 9.17) is 4.74 Å². The van der Waals surface area contributed by atoms with Crippen molar-refractivity contribution in [3.8, 4) is 0 Å². The first-order valence-electron chi connectivity index (χ1n) is 7.18. The quantitative estimate of drug-likeness (QED) is 0.775. The largest absolute Gasteiger partial charge is 0.469 e. The van der Waals surface area contributed by atoms with E-state index in [0.717, 1.165) is 30.8 Å². The van der Waals surface area contributed by atoms with Gasteiger partial charge in [-0.25, -0.2) is 13.1 Å². The van der Waals surface area contributed by atoms with Crippen LogP contribution in [0, 0.1) is 11.8 Å². The van der Waals surface area contributed by atoms with Crippen LogP contribution in [0.25, 0.3) is 0 Å². The first-order chi connectivity index (χ1) is 9.54. The van der Waals surface area contributed by atoms with Crippen molar-refractivity contribution >= 4 is 27.8 Å². The molecule has 0 aromatic rings. The van der Waals surface area contributed by atoms with Crippen LogP contribution < -0.4 is 4.72 Å². The van der Waals surface area contributed by atoms with Gasteiger partial charge in [0.15, 0.2) is 0 Å². The van der Waals surface area contributed by atoms with Crippen LogP contribution in [0.5, 0.6) is 0 Å². The van der Waals surface area contributed by atoms with Gasteiger partial charge in [-0.1, -0.05) is 6.42 Å². The summed E-state index contributed by atoms with van der Waals surface area (Å²) >= 11 is 1.93. The van der Waals surface area contributed by atoms with Crippen molar-refractivity contribution in [2.45, 2.75) is 37.4 Å². The Morgan fingerprint density at radius 3 is 2.60 bits per heavy atom. The van der Waals surface area contributed by atoms with Gasteiger partial charge in [-0.3, -0.25) is 4.79 Å². The zero-order chi connectivity index (χ0) is 14.6. The lowest BCUT2D eigenvalue weighted by molar-refractivity contribution is -0.145. The molecule has 1 aliphatic heterocycles. The molecule has 0 aromatic carbocycles. The number of sulfonamides is 1. The molecule has 2 atom stereocenters. The third kappa shape index (κ3) is 3.89. The van der Waals surface area contributed by atoms with Crippen LogP contribution in [-0.4, -0.2) is 44.8 Å². The second kappa shape index (κ2) is 7.13. The highest BCUT2D eigenvalue weighted by Gasteiger charge is 2.42. The molecule has 0 amide bonds. The van der Waals surface area contributed by atoms with Crippen LogP contribution in [0.1, 0.15) is 32.1 Å². The van der Waals surface area contributed by atoms with Crippen LogP contribution in [0.4, 0.5) is 0 Å². The van der Waals surface area contributed by atoms with Crippen molar-refractivity contribution in [3.63, 3.8) is 0 Å². The zero-order valence-corrected chi connectivity index (χ0v) is 13.5. The van der Waals surface area contributed by atoms with Crippen molar-refractivity contribution in [2.24, 2.45) is 11.8 Å². The maximum atomic E-state index is 12.4. The summed E-state index contributed by atoms with van der Waals surface area (Å²) in [6.45, 7) is 0.507. The van der Waals surface area contributed by atoms with Gasteiger partial charge in [0.2, 0.25) is 10.0 Å². The summed E-state index contributed by atoms with van der Waals surface area (Å²) in [4.78, 5) is 11.7. The van der Waals surface area contributed by atoms with Crippen LogP contribution in [0.2, 0.25) is 0 Å². The van der Waals surface area contributed by atoms with Crippen molar-refractivity contribution in [2.75, 3.05) is 25.2 Å². The predicted molar refractivity (Wildman–Crippen MR) is 80.1 cm³/mol. The van der Waals surface area contributed by atoms with Gasteiger partial charge in [-0.15, -0.1) is 0 Å². The number of rotatable bonds is 5. The van der Waals surface area contributed by atoms with Crippen LogP contribution >= 0.6 is 11.8 Å². The van der Waals surface area contributed by atoms with Crippen molar-refractivity contribution in [1.82, 2.24) is 4.72 Å². The topological polar surface area (TPSA) is 72.5 Å². The smallest absolute Gasteiger partial charge is 0.310 e. The number of esters is 1. The Kier molecular flexibility index (Phi) is 5.74. The molecule has 1 aliphatic carbocycles. The normalized spacial score (nSPS) is 28.4. The van der Waals surface area contributed by atoms with E-state index in [0.29, 0.717) is 25.3 Å². The lowest BCUT2D eigenvalue weighted by Gasteiger charge is -2.24. The number of hydrogen-bond acceptors (Lipinski definition) is 5. The van der Waals surface area contributed by atoms with Gasteiger partial charge in [-0.05, 0) is 43.1 Å². The molecule has 116 valence electrons. The van der Waals surface area contributed by atoms with Gasteiger partial charge in [0, 0.05) is 6.54 Å². The summed E-state index contributed by atoms with van der Waals surface area (Å²) in [6.07, 6.45) is 4.07. The molecular formula is C13H23NO4S2. The Hall–Kier alpha value is -0.270. The van der Waals surface area contributed by atoms with Crippen molar-refractivity contribution in [3.05, 3.63) is 0 Å². The van der Waals surface area contributed by atoms with Crippen molar-refractivity contribution in [1.29, 1.82) is 0 Å². The predicted octanol–water partition coefficient (Wildman–Crippen LogP) is 1.39. The lowest BCUT2D eigenvalue weighted by Crippen LogP contribution is -2.41. The second-order valence-corrected chi connectivity index (χ2v) is 8.76. The molecule has 2 fully saturated rings. The third-order valence-electron chi connectivity index (χ3n) is 4.27. The van der Waals surface area contributed by atoms with Gasteiger partial charge in [0.1, 0.15) is 0 Å². The van der Waals surface area contributed by atoms with E-state index >= 15 is 0 Å². The number of methoxy groups -OCH3 is 1. The standard InChI is InChI=1S/C13H23NO4S2/c1-18-13(15)11-3-2-4-12(11)20(16,17)14-9-10-5-7-19-8-6-10/h10-12,14H,2-9H2,1H3. The zero-order valence-electron chi connectivity index (χ0n) is 11.8. The maximum absolute atomic E-state index is 12.4. The van der Waals surface area contributed by atoms with Gasteiger partial charge in [0.25, 0.3) is 0 Å².